The van der Waals surface area contributed by atoms with E-state index in [1.807, 2.05) is 6.92 Å². The highest BCUT2D eigenvalue weighted by atomic mass is 79.9. The Hall–Kier alpha value is -0.460. The fourth-order valence-electron chi connectivity index (χ4n) is 2.14. The topological polar surface area (TPSA) is 29.5 Å². The second-order valence-corrected chi connectivity index (χ2v) is 6.04. The van der Waals surface area contributed by atoms with Crippen LogP contribution in [0.15, 0.2) is 22.7 Å². The van der Waals surface area contributed by atoms with Crippen molar-refractivity contribution in [3.8, 4) is 0 Å². The van der Waals surface area contributed by atoms with Crippen molar-refractivity contribution in [3.63, 3.8) is 0 Å². The molecule has 1 amide bonds. The molecule has 0 bridgehead atoms. The third-order valence-electron chi connectivity index (χ3n) is 2.97. The zero-order valence-electron chi connectivity index (χ0n) is 10.4. The van der Waals surface area contributed by atoms with Gasteiger partial charge in [0.05, 0.1) is 22.2 Å². The number of hydrogen-bond donors (Lipinski definition) is 0. The highest BCUT2D eigenvalue weighted by molar-refractivity contribution is 9.10. The molecule has 1 aromatic carbocycles. The maximum atomic E-state index is 13.9. The SMILES string of the molecule is CC1CN(C(=O)c2cccc(Br)c2F)CC(CBr)O1. The van der Waals surface area contributed by atoms with E-state index in [-0.39, 0.29) is 23.7 Å². The summed E-state index contributed by atoms with van der Waals surface area (Å²) in [5.74, 6) is -0.804. The van der Waals surface area contributed by atoms with Crippen LogP contribution in [0.4, 0.5) is 4.39 Å². The van der Waals surface area contributed by atoms with Crippen molar-refractivity contribution in [2.75, 3.05) is 18.4 Å². The number of carbonyl (C=O) groups is 1. The number of alkyl halides is 1. The summed E-state index contributed by atoms with van der Waals surface area (Å²) < 4.78 is 19.9. The minimum Gasteiger partial charge on any atom is -0.371 e. The predicted octanol–water partition coefficient (Wildman–Crippen LogP) is 3.21. The Morgan fingerprint density at radius 3 is 2.95 bits per heavy atom. The maximum Gasteiger partial charge on any atom is 0.257 e. The number of hydrogen-bond acceptors (Lipinski definition) is 2. The van der Waals surface area contributed by atoms with Gasteiger partial charge in [0, 0.05) is 18.4 Å². The second kappa shape index (κ2) is 6.33. The van der Waals surface area contributed by atoms with Crippen molar-refractivity contribution in [2.24, 2.45) is 0 Å². The molecule has 1 aromatic rings. The first-order valence-corrected chi connectivity index (χ1v) is 7.89. The van der Waals surface area contributed by atoms with Gasteiger partial charge in [0.15, 0.2) is 0 Å². The van der Waals surface area contributed by atoms with Gasteiger partial charge in [-0.2, -0.15) is 0 Å². The van der Waals surface area contributed by atoms with Crippen LogP contribution in [0.25, 0.3) is 0 Å². The minimum atomic E-state index is -0.512. The normalized spacial score (nSPS) is 23.5. The lowest BCUT2D eigenvalue weighted by Gasteiger charge is -2.36. The van der Waals surface area contributed by atoms with Crippen LogP contribution in [-0.4, -0.2) is 41.4 Å². The van der Waals surface area contributed by atoms with Crippen LogP contribution >= 0.6 is 31.9 Å². The molecule has 0 aliphatic carbocycles. The Kier molecular flexibility index (Phi) is 4.97. The molecule has 6 heteroatoms. The molecule has 0 radical (unpaired) electrons. The van der Waals surface area contributed by atoms with Gasteiger partial charge in [0.2, 0.25) is 0 Å². The Bertz CT molecular complexity index is 484. The fraction of sp³-hybridized carbons (Fsp3) is 0.462. The molecule has 2 unspecified atom stereocenters. The van der Waals surface area contributed by atoms with Crippen LogP contribution in [0, 0.1) is 5.82 Å². The zero-order chi connectivity index (χ0) is 14.0. The standard InChI is InChI=1S/C13H14Br2FNO2/c1-8-6-17(7-9(5-14)19-8)13(18)10-3-2-4-11(15)12(10)16/h2-4,8-9H,5-7H2,1H3. The van der Waals surface area contributed by atoms with E-state index in [4.69, 9.17) is 4.74 Å². The Morgan fingerprint density at radius 1 is 1.53 bits per heavy atom. The first kappa shape index (κ1) is 14.9. The number of morpholine rings is 1. The van der Waals surface area contributed by atoms with Crippen molar-refractivity contribution in [1.82, 2.24) is 4.90 Å². The molecule has 1 heterocycles. The van der Waals surface area contributed by atoms with Crippen molar-refractivity contribution in [3.05, 3.63) is 34.1 Å². The van der Waals surface area contributed by atoms with Gasteiger partial charge in [-0.1, -0.05) is 22.0 Å². The van der Waals surface area contributed by atoms with E-state index < -0.39 is 5.82 Å². The molecule has 1 fully saturated rings. The van der Waals surface area contributed by atoms with Crippen LogP contribution in [-0.2, 0) is 4.74 Å². The van der Waals surface area contributed by atoms with Crippen molar-refractivity contribution in [1.29, 1.82) is 0 Å². The summed E-state index contributed by atoms with van der Waals surface area (Å²) in [6, 6.07) is 4.74. The number of amides is 1. The van der Waals surface area contributed by atoms with E-state index >= 15 is 0 Å². The molecule has 1 aliphatic heterocycles. The van der Waals surface area contributed by atoms with Gasteiger partial charge in [-0.3, -0.25) is 4.79 Å². The molecule has 104 valence electrons. The Balaban J connectivity index is 2.21. The first-order valence-electron chi connectivity index (χ1n) is 5.97. The summed E-state index contributed by atoms with van der Waals surface area (Å²) in [6.07, 6.45) is -0.0987. The largest absolute Gasteiger partial charge is 0.371 e. The van der Waals surface area contributed by atoms with E-state index in [1.165, 1.54) is 6.07 Å². The monoisotopic (exact) mass is 393 g/mol. The van der Waals surface area contributed by atoms with Gasteiger partial charge in [-0.25, -0.2) is 4.39 Å². The van der Waals surface area contributed by atoms with Crippen molar-refractivity contribution in [2.45, 2.75) is 19.1 Å². The highest BCUT2D eigenvalue weighted by Gasteiger charge is 2.29. The predicted molar refractivity (Wildman–Crippen MR) is 78.1 cm³/mol. The summed E-state index contributed by atoms with van der Waals surface area (Å²) >= 11 is 6.45. The van der Waals surface area contributed by atoms with Gasteiger partial charge in [-0.05, 0) is 35.0 Å². The molecule has 0 aromatic heterocycles. The van der Waals surface area contributed by atoms with Gasteiger partial charge < -0.3 is 9.64 Å². The third-order valence-corrected chi connectivity index (χ3v) is 4.30. The quantitative estimate of drug-likeness (QED) is 0.721. The second-order valence-electron chi connectivity index (χ2n) is 4.53. The molecule has 0 N–H and O–H groups in total. The number of halogens is 3. The van der Waals surface area contributed by atoms with Gasteiger partial charge >= 0.3 is 0 Å². The smallest absolute Gasteiger partial charge is 0.257 e. The molecule has 2 atom stereocenters. The van der Waals surface area contributed by atoms with E-state index in [1.54, 1.807) is 17.0 Å². The molecule has 0 spiro atoms. The Labute approximate surface area is 128 Å². The number of benzene rings is 1. The summed E-state index contributed by atoms with van der Waals surface area (Å²) in [6.45, 7) is 2.86. The summed E-state index contributed by atoms with van der Waals surface area (Å²) in [4.78, 5) is 14.0. The van der Waals surface area contributed by atoms with Crippen LogP contribution in [0.3, 0.4) is 0 Å². The van der Waals surface area contributed by atoms with Crippen LogP contribution in [0.2, 0.25) is 0 Å². The zero-order valence-corrected chi connectivity index (χ0v) is 13.6. The van der Waals surface area contributed by atoms with Crippen LogP contribution in [0.1, 0.15) is 17.3 Å². The average molecular weight is 395 g/mol. The number of rotatable bonds is 2. The molecule has 3 nitrogen and oxygen atoms in total. The van der Waals surface area contributed by atoms with E-state index in [0.29, 0.717) is 22.9 Å². The maximum absolute atomic E-state index is 13.9. The van der Waals surface area contributed by atoms with E-state index in [2.05, 4.69) is 31.9 Å². The molecule has 0 saturated carbocycles. The minimum absolute atomic E-state index is 0.0459. The Morgan fingerprint density at radius 2 is 2.26 bits per heavy atom. The number of carbonyl (C=O) groups excluding carboxylic acids is 1. The molecular weight excluding hydrogens is 381 g/mol. The van der Waals surface area contributed by atoms with E-state index in [9.17, 15) is 9.18 Å². The van der Waals surface area contributed by atoms with Crippen LogP contribution < -0.4 is 0 Å². The van der Waals surface area contributed by atoms with Gasteiger partial charge in [0.1, 0.15) is 5.82 Å². The average Bonchev–Trinajstić information content (AvgIpc) is 2.40. The van der Waals surface area contributed by atoms with Crippen molar-refractivity contribution >= 4 is 37.8 Å². The summed E-state index contributed by atoms with van der Waals surface area (Å²) in [5, 5.41) is 0.655. The van der Waals surface area contributed by atoms with Gasteiger partial charge in [-0.15, -0.1) is 0 Å². The fourth-order valence-corrected chi connectivity index (χ4v) is 2.86. The molecule has 2 rings (SSSR count). The third kappa shape index (κ3) is 3.35. The molecule has 1 saturated heterocycles. The summed E-state index contributed by atoms with van der Waals surface area (Å²) in [7, 11) is 0. The lowest BCUT2D eigenvalue weighted by atomic mass is 10.1. The molecular formula is C13H14Br2FNO2. The number of nitrogens with zero attached hydrogens (tertiary/aromatic N) is 1. The number of ether oxygens (including phenoxy) is 1. The van der Waals surface area contributed by atoms with Gasteiger partial charge in [0.25, 0.3) is 5.91 Å². The lowest BCUT2D eigenvalue weighted by Crippen LogP contribution is -2.49. The highest BCUT2D eigenvalue weighted by Crippen LogP contribution is 2.22. The summed E-state index contributed by atoms with van der Waals surface area (Å²) in [5.41, 5.74) is 0.0943. The van der Waals surface area contributed by atoms with E-state index in [0.717, 1.165) is 0 Å². The lowest BCUT2D eigenvalue weighted by molar-refractivity contribution is -0.0560. The van der Waals surface area contributed by atoms with Crippen molar-refractivity contribution < 1.29 is 13.9 Å². The van der Waals surface area contributed by atoms with Crippen LogP contribution in [0.5, 0.6) is 0 Å². The molecule has 19 heavy (non-hydrogen) atoms. The first-order chi connectivity index (χ1) is 9.02. The molecule has 1 aliphatic rings.